The summed E-state index contributed by atoms with van der Waals surface area (Å²) in [7, 11) is 0. The Balaban J connectivity index is 2.15. The van der Waals surface area contributed by atoms with Crippen molar-refractivity contribution in [2.24, 2.45) is 0 Å². The molecule has 5 heteroatoms. The van der Waals surface area contributed by atoms with Gasteiger partial charge < -0.3 is 9.80 Å². The highest BCUT2D eigenvalue weighted by atomic mass is 32.2. The lowest BCUT2D eigenvalue weighted by molar-refractivity contribution is -0.135. The molecule has 2 rings (SSSR count). The minimum absolute atomic E-state index is 0.0400. The molecule has 0 saturated carbocycles. The normalized spacial score (nSPS) is 17.4. The van der Waals surface area contributed by atoms with Gasteiger partial charge in [-0.2, -0.15) is 0 Å². The van der Waals surface area contributed by atoms with Gasteiger partial charge in [0.05, 0.1) is 5.88 Å². The molecule has 0 aromatic heterocycles. The first-order valence-electron chi connectivity index (χ1n) is 9.57. The van der Waals surface area contributed by atoms with E-state index < -0.39 is 0 Å². The SMILES string of the molecule is CCCN(CCC)C(=O)C1CSCN1C(=O)c1ccc(C(C)(C)C)cc1. The summed E-state index contributed by atoms with van der Waals surface area (Å²) < 4.78 is 0. The molecule has 1 aromatic carbocycles. The third-order valence-electron chi connectivity index (χ3n) is 4.72. The molecule has 144 valence electrons. The van der Waals surface area contributed by atoms with Gasteiger partial charge in [0, 0.05) is 24.4 Å². The highest BCUT2D eigenvalue weighted by Crippen LogP contribution is 2.26. The second-order valence-corrected chi connectivity index (χ2v) is 8.94. The molecule has 0 radical (unpaired) electrons. The lowest BCUT2D eigenvalue weighted by atomic mass is 9.86. The van der Waals surface area contributed by atoms with Crippen LogP contribution in [-0.2, 0) is 10.2 Å². The van der Waals surface area contributed by atoms with Gasteiger partial charge in [-0.25, -0.2) is 0 Å². The van der Waals surface area contributed by atoms with E-state index in [-0.39, 0.29) is 23.3 Å². The molecular weight excluding hydrogens is 344 g/mol. The van der Waals surface area contributed by atoms with Crippen molar-refractivity contribution in [2.75, 3.05) is 24.7 Å². The summed E-state index contributed by atoms with van der Waals surface area (Å²) in [5.74, 6) is 1.33. The van der Waals surface area contributed by atoms with Crippen molar-refractivity contribution < 1.29 is 9.59 Å². The molecule has 0 N–H and O–H groups in total. The fraction of sp³-hybridized carbons (Fsp3) is 0.619. The van der Waals surface area contributed by atoms with Gasteiger partial charge in [-0.3, -0.25) is 9.59 Å². The van der Waals surface area contributed by atoms with E-state index >= 15 is 0 Å². The third-order valence-corrected chi connectivity index (χ3v) is 5.74. The van der Waals surface area contributed by atoms with Gasteiger partial charge >= 0.3 is 0 Å². The lowest BCUT2D eigenvalue weighted by Crippen LogP contribution is -2.49. The van der Waals surface area contributed by atoms with E-state index in [4.69, 9.17) is 0 Å². The Morgan fingerprint density at radius 1 is 1.12 bits per heavy atom. The fourth-order valence-electron chi connectivity index (χ4n) is 3.21. The lowest BCUT2D eigenvalue weighted by Gasteiger charge is -2.29. The second-order valence-electron chi connectivity index (χ2n) is 7.94. The summed E-state index contributed by atoms with van der Waals surface area (Å²) >= 11 is 1.66. The van der Waals surface area contributed by atoms with Gasteiger partial charge in [0.2, 0.25) is 5.91 Å². The van der Waals surface area contributed by atoms with Crippen molar-refractivity contribution in [2.45, 2.75) is 58.9 Å². The van der Waals surface area contributed by atoms with E-state index in [0.29, 0.717) is 17.2 Å². The predicted molar refractivity (Wildman–Crippen MR) is 110 cm³/mol. The van der Waals surface area contributed by atoms with Crippen LogP contribution in [0.3, 0.4) is 0 Å². The number of rotatable bonds is 6. The van der Waals surface area contributed by atoms with E-state index in [1.54, 1.807) is 16.7 Å². The van der Waals surface area contributed by atoms with Crippen molar-refractivity contribution in [3.05, 3.63) is 35.4 Å². The zero-order valence-electron chi connectivity index (χ0n) is 16.7. The molecule has 1 aliphatic rings. The highest BCUT2D eigenvalue weighted by Gasteiger charge is 2.37. The molecule has 1 aromatic rings. The van der Waals surface area contributed by atoms with Crippen LogP contribution < -0.4 is 0 Å². The van der Waals surface area contributed by atoms with Crippen molar-refractivity contribution in [3.63, 3.8) is 0 Å². The standard InChI is InChI=1S/C21H32N2O2S/c1-6-12-22(13-7-2)20(25)18-14-26-15-23(18)19(24)16-8-10-17(11-9-16)21(3,4)5/h8-11,18H,6-7,12-15H2,1-5H3. The number of carbonyl (C=O) groups is 2. The topological polar surface area (TPSA) is 40.6 Å². The van der Waals surface area contributed by atoms with Crippen LogP contribution in [0.5, 0.6) is 0 Å². The Morgan fingerprint density at radius 2 is 1.69 bits per heavy atom. The molecule has 0 spiro atoms. The molecule has 1 unspecified atom stereocenters. The van der Waals surface area contributed by atoms with E-state index in [2.05, 4.69) is 34.6 Å². The Labute approximate surface area is 162 Å². The Hall–Kier alpha value is -1.49. The van der Waals surface area contributed by atoms with Crippen molar-refractivity contribution in [3.8, 4) is 0 Å². The summed E-state index contributed by atoms with van der Waals surface area (Å²) in [6, 6.07) is 7.49. The summed E-state index contributed by atoms with van der Waals surface area (Å²) in [6.07, 6.45) is 1.88. The number of carbonyl (C=O) groups excluding carboxylic acids is 2. The molecular formula is C21H32N2O2S. The maximum absolute atomic E-state index is 13.0. The molecule has 0 bridgehead atoms. The molecule has 1 heterocycles. The largest absolute Gasteiger partial charge is 0.341 e. The van der Waals surface area contributed by atoms with Crippen LogP contribution in [0.4, 0.5) is 0 Å². The average Bonchev–Trinajstić information content (AvgIpc) is 3.09. The number of hydrogen-bond acceptors (Lipinski definition) is 3. The van der Waals surface area contributed by atoms with Crippen LogP contribution in [0.25, 0.3) is 0 Å². The first kappa shape index (κ1) is 20.8. The maximum Gasteiger partial charge on any atom is 0.255 e. The zero-order valence-corrected chi connectivity index (χ0v) is 17.6. The van der Waals surface area contributed by atoms with Gasteiger partial charge in [-0.1, -0.05) is 46.8 Å². The summed E-state index contributed by atoms with van der Waals surface area (Å²) in [4.78, 5) is 29.6. The molecule has 1 fully saturated rings. The monoisotopic (exact) mass is 376 g/mol. The maximum atomic E-state index is 13.0. The summed E-state index contributed by atoms with van der Waals surface area (Å²) in [6.45, 7) is 12.2. The van der Waals surface area contributed by atoms with Gasteiger partial charge in [0.15, 0.2) is 0 Å². The smallest absolute Gasteiger partial charge is 0.255 e. The van der Waals surface area contributed by atoms with Gasteiger partial charge in [-0.05, 0) is 36.0 Å². The van der Waals surface area contributed by atoms with Crippen LogP contribution in [0.1, 0.15) is 63.4 Å². The molecule has 0 aliphatic carbocycles. The third kappa shape index (κ3) is 4.81. The summed E-state index contributed by atoms with van der Waals surface area (Å²) in [5.41, 5.74) is 1.93. The van der Waals surface area contributed by atoms with Gasteiger partial charge in [-0.15, -0.1) is 11.8 Å². The quantitative estimate of drug-likeness (QED) is 0.749. The number of thioether (sulfide) groups is 1. The van der Waals surface area contributed by atoms with Crippen LogP contribution >= 0.6 is 11.8 Å². The van der Waals surface area contributed by atoms with Crippen LogP contribution in [0, 0.1) is 0 Å². The minimum atomic E-state index is -0.340. The molecule has 1 atom stereocenters. The molecule has 1 aliphatic heterocycles. The number of benzene rings is 1. The fourth-order valence-corrected chi connectivity index (χ4v) is 4.35. The second kappa shape index (κ2) is 8.94. The minimum Gasteiger partial charge on any atom is -0.341 e. The van der Waals surface area contributed by atoms with Crippen molar-refractivity contribution in [1.29, 1.82) is 0 Å². The molecule has 4 nitrogen and oxygen atoms in total. The average molecular weight is 377 g/mol. The Morgan fingerprint density at radius 3 is 2.19 bits per heavy atom. The zero-order chi connectivity index (χ0) is 19.3. The van der Waals surface area contributed by atoms with Gasteiger partial charge in [0.25, 0.3) is 5.91 Å². The van der Waals surface area contributed by atoms with E-state index in [1.165, 1.54) is 5.56 Å². The molecule has 26 heavy (non-hydrogen) atoms. The van der Waals surface area contributed by atoms with Crippen LogP contribution in [-0.4, -0.2) is 52.4 Å². The van der Waals surface area contributed by atoms with Crippen molar-refractivity contribution in [1.82, 2.24) is 9.80 Å². The van der Waals surface area contributed by atoms with Crippen LogP contribution in [0.2, 0.25) is 0 Å². The Kier molecular flexibility index (Phi) is 7.16. The number of hydrogen-bond donors (Lipinski definition) is 0. The number of amides is 2. The first-order chi connectivity index (χ1) is 12.3. The van der Waals surface area contributed by atoms with Crippen molar-refractivity contribution >= 4 is 23.6 Å². The first-order valence-corrected chi connectivity index (χ1v) is 10.7. The van der Waals surface area contributed by atoms with E-state index in [0.717, 1.165) is 25.9 Å². The Bertz CT molecular complexity index is 616. The van der Waals surface area contributed by atoms with Crippen LogP contribution in [0.15, 0.2) is 24.3 Å². The van der Waals surface area contributed by atoms with Gasteiger partial charge in [0.1, 0.15) is 6.04 Å². The van der Waals surface area contributed by atoms with E-state index in [9.17, 15) is 9.59 Å². The molecule has 2 amide bonds. The highest BCUT2D eigenvalue weighted by molar-refractivity contribution is 7.99. The predicted octanol–water partition coefficient (Wildman–Crippen LogP) is 4.15. The van der Waals surface area contributed by atoms with E-state index in [1.807, 2.05) is 29.2 Å². The molecule has 1 saturated heterocycles. The summed E-state index contributed by atoms with van der Waals surface area (Å²) in [5, 5.41) is 0. The number of nitrogens with zero attached hydrogens (tertiary/aromatic N) is 2.